The number of amides is 3. The van der Waals surface area contributed by atoms with Gasteiger partial charge in [0.05, 0.1) is 29.8 Å². The molecule has 0 atom stereocenters. The number of aromatic nitrogens is 2. The maximum atomic E-state index is 13.0. The van der Waals surface area contributed by atoms with E-state index in [1.165, 1.54) is 11.3 Å². The highest BCUT2D eigenvalue weighted by Crippen LogP contribution is 2.33. The predicted octanol–water partition coefficient (Wildman–Crippen LogP) is 2.40. The largest absolute Gasteiger partial charge is 0.381 e. The third kappa shape index (κ3) is 4.35. The number of nitrogens with zero attached hydrogens (tertiary/aromatic N) is 4. The van der Waals surface area contributed by atoms with E-state index in [-0.39, 0.29) is 18.0 Å². The molecular formula is C22H31N5O4S. The molecule has 9 nitrogen and oxygen atoms in total. The summed E-state index contributed by atoms with van der Waals surface area (Å²) in [5.74, 6) is -0.0258. The van der Waals surface area contributed by atoms with Crippen molar-refractivity contribution >= 4 is 33.5 Å². The zero-order chi connectivity index (χ0) is 22.1. The first kappa shape index (κ1) is 21.7. The van der Waals surface area contributed by atoms with E-state index in [4.69, 9.17) is 14.6 Å². The Morgan fingerprint density at radius 3 is 2.38 bits per heavy atom. The summed E-state index contributed by atoms with van der Waals surface area (Å²) >= 11 is 1.52. The Balaban J connectivity index is 1.20. The Hall–Kier alpha value is -2.17. The quantitative estimate of drug-likeness (QED) is 0.758. The molecule has 3 aliphatic heterocycles. The summed E-state index contributed by atoms with van der Waals surface area (Å²) in [6, 6.07) is 2.50. The van der Waals surface area contributed by atoms with Gasteiger partial charge in [-0.25, -0.2) is 4.79 Å². The lowest BCUT2D eigenvalue weighted by atomic mass is 10.1. The van der Waals surface area contributed by atoms with Gasteiger partial charge in [0.25, 0.3) is 5.91 Å². The van der Waals surface area contributed by atoms with Crippen LogP contribution in [0.5, 0.6) is 0 Å². The summed E-state index contributed by atoms with van der Waals surface area (Å²) in [4.78, 5) is 31.2. The lowest BCUT2D eigenvalue weighted by Gasteiger charge is -2.37. The zero-order valence-electron chi connectivity index (χ0n) is 18.5. The van der Waals surface area contributed by atoms with E-state index in [9.17, 15) is 9.59 Å². The number of fused-ring (bicyclic) bond motifs is 1. The highest BCUT2D eigenvalue weighted by atomic mass is 32.1. The SMILES string of the molecule is Cc1nn(C2CCOCC2)c2sc(C(=O)NC3CCN(C(=O)N4CCOCC4)CC3)cc12. The molecule has 3 aliphatic rings. The number of carbonyl (C=O) groups excluding carboxylic acids is 2. The first-order chi connectivity index (χ1) is 15.6. The van der Waals surface area contributed by atoms with Crippen molar-refractivity contribution in [2.45, 2.75) is 44.7 Å². The van der Waals surface area contributed by atoms with Gasteiger partial charge in [-0.3, -0.25) is 9.48 Å². The van der Waals surface area contributed by atoms with Gasteiger partial charge < -0.3 is 24.6 Å². The first-order valence-corrected chi connectivity index (χ1v) is 12.4. The number of rotatable bonds is 3. The fourth-order valence-corrected chi connectivity index (χ4v) is 5.92. The van der Waals surface area contributed by atoms with Gasteiger partial charge in [0.1, 0.15) is 4.83 Å². The van der Waals surface area contributed by atoms with E-state index in [1.807, 2.05) is 22.8 Å². The molecule has 0 saturated carbocycles. The van der Waals surface area contributed by atoms with Gasteiger partial charge in [0.15, 0.2) is 0 Å². The van der Waals surface area contributed by atoms with Gasteiger partial charge in [-0.05, 0) is 38.7 Å². The molecule has 5 heterocycles. The summed E-state index contributed by atoms with van der Waals surface area (Å²) in [6.07, 6.45) is 3.47. The average molecular weight is 462 g/mol. The Morgan fingerprint density at radius 2 is 1.66 bits per heavy atom. The Bertz CT molecular complexity index is 969. The molecule has 3 fully saturated rings. The number of carbonyl (C=O) groups is 2. The molecule has 174 valence electrons. The monoisotopic (exact) mass is 461 g/mol. The summed E-state index contributed by atoms with van der Waals surface area (Å²) < 4.78 is 12.9. The molecule has 10 heteroatoms. The highest BCUT2D eigenvalue weighted by molar-refractivity contribution is 7.20. The van der Waals surface area contributed by atoms with Crippen molar-refractivity contribution in [1.82, 2.24) is 24.9 Å². The van der Waals surface area contributed by atoms with Crippen molar-refractivity contribution in [3.63, 3.8) is 0 Å². The molecule has 0 bridgehead atoms. The van der Waals surface area contributed by atoms with Crippen LogP contribution in [0.2, 0.25) is 0 Å². The van der Waals surface area contributed by atoms with Gasteiger partial charge in [0.2, 0.25) is 0 Å². The van der Waals surface area contributed by atoms with Crippen molar-refractivity contribution in [3.8, 4) is 0 Å². The summed E-state index contributed by atoms with van der Waals surface area (Å²) in [6.45, 7) is 7.41. The van der Waals surface area contributed by atoms with E-state index < -0.39 is 0 Å². The van der Waals surface area contributed by atoms with Crippen LogP contribution in [0.25, 0.3) is 10.2 Å². The Kier molecular flexibility index (Phi) is 6.34. The van der Waals surface area contributed by atoms with Crippen LogP contribution in [0.3, 0.4) is 0 Å². The third-order valence-electron chi connectivity index (χ3n) is 6.71. The number of ether oxygens (including phenoxy) is 2. The van der Waals surface area contributed by atoms with Crippen molar-refractivity contribution in [1.29, 1.82) is 0 Å². The number of thiophene rings is 1. The standard InChI is InChI=1S/C22H31N5O4S/c1-15-18-14-19(32-21(18)27(24-15)17-4-10-30-11-5-17)20(28)23-16-2-6-25(7-3-16)22(29)26-8-12-31-13-9-26/h14,16-17H,2-13H2,1H3,(H,23,28). The van der Waals surface area contributed by atoms with Gasteiger partial charge in [-0.15, -0.1) is 11.3 Å². The van der Waals surface area contributed by atoms with Crippen LogP contribution in [-0.2, 0) is 9.47 Å². The first-order valence-electron chi connectivity index (χ1n) is 11.6. The fourth-order valence-electron chi connectivity index (χ4n) is 4.79. The molecule has 1 N–H and O–H groups in total. The topological polar surface area (TPSA) is 88.9 Å². The molecule has 0 spiro atoms. The maximum absolute atomic E-state index is 13.0. The smallest absolute Gasteiger partial charge is 0.320 e. The van der Waals surface area contributed by atoms with Crippen LogP contribution in [0.4, 0.5) is 4.79 Å². The number of hydrogen-bond donors (Lipinski definition) is 1. The molecule has 3 saturated heterocycles. The normalized spacial score (nSPS) is 21.3. The molecule has 2 aromatic heterocycles. The minimum Gasteiger partial charge on any atom is -0.381 e. The molecule has 3 amide bonds. The molecule has 32 heavy (non-hydrogen) atoms. The zero-order valence-corrected chi connectivity index (χ0v) is 19.4. The molecule has 0 unspecified atom stereocenters. The van der Waals surface area contributed by atoms with Crippen LogP contribution >= 0.6 is 11.3 Å². The van der Waals surface area contributed by atoms with E-state index in [0.717, 1.165) is 59.7 Å². The van der Waals surface area contributed by atoms with Gasteiger partial charge in [0, 0.05) is 50.8 Å². The van der Waals surface area contributed by atoms with E-state index >= 15 is 0 Å². The number of nitrogens with one attached hydrogen (secondary N) is 1. The van der Waals surface area contributed by atoms with Gasteiger partial charge >= 0.3 is 6.03 Å². The van der Waals surface area contributed by atoms with Crippen molar-refractivity contribution in [2.24, 2.45) is 0 Å². The minimum atomic E-state index is -0.0258. The van der Waals surface area contributed by atoms with Crippen LogP contribution in [0.15, 0.2) is 6.07 Å². The van der Waals surface area contributed by atoms with Gasteiger partial charge in [-0.2, -0.15) is 5.10 Å². The van der Waals surface area contributed by atoms with Crippen molar-refractivity contribution in [2.75, 3.05) is 52.6 Å². The number of likely N-dealkylation sites (tertiary alicyclic amines) is 1. The summed E-state index contributed by atoms with van der Waals surface area (Å²) in [5, 5.41) is 9.00. The third-order valence-corrected chi connectivity index (χ3v) is 7.83. The van der Waals surface area contributed by atoms with Gasteiger partial charge in [-0.1, -0.05) is 0 Å². The number of aryl methyl sites for hydroxylation is 1. The minimum absolute atomic E-state index is 0.0258. The van der Waals surface area contributed by atoms with Crippen LogP contribution in [-0.4, -0.2) is 90.2 Å². The second-order valence-electron chi connectivity index (χ2n) is 8.82. The second-order valence-corrected chi connectivity index (χ2v) is 9.85. The van der Waals surface area contributed by atoms with Crippen LogP contribution < -0.4 is 5.32 Å². The Labute approximate surface area is 191 Å². The lowest BCUT2D eigenvalue weighted by molar-refractivity contribution is 0.0407. The maximum Gasteiger partial charge on any atom is 0.320 e. The average Bonchev–Trinajstić information content (AvgIpc) is 3.41. The number of morpholine rings is 1. The predicted molar refractivity (Wildman–Crippen MR) is 121 cm³/mol. The molecule has 5 rings (SSSR count). The van der Waals surface area contributed by atoms with Crippen LogP contribution in [0, 0.1) is 6.92 Å². The summed E-state index contributed by atoms with van der Waals surface area (Å²) in [5.41, 5.74) is 0.969. The van der Waals surface area contributed by atoms with E-state index in [2.05, 4.69) is 10.00 Å². The summed E-state index contributed by atoms with van der Waals surface area (Å²) in [7, 11) is 0. The van der Waals surface area contributed by atoms with E-state index in [0.29, 0.717) is 45.4 Å². The fraction of sp³-hybridized carbons (Fsp3) is 0.682. The second kappa shape index (κ2) is 9.36. The number of piperidine rings is 1. The van der Waals surface area contributed by atoms with Crippen molar-refractivity contribution < 1.29 is 19.1 Å². The van der Waals surface area contributed by atoms with Crippen LogP contribution in [0.1, 0.15) is 47.1 Å². The Morgan fingerprint density at radius 1 is 1.00 bits per heavy atom. The number of urea groups is 1. The lowest BCUT2D eigenvalue weighted by Crippen LogP contribution is -2.52. The van der Waals surface area contributed by atoms with Crippen molar-refractivity contribution in [3.05, 3.63) is 16.6 Å². The molecule has 0 aliphatic carbocycles. The van der Waals surface area contributed by atoms with E-state index in [1.54, 1.807) is 0 Å². The molecule has 0 radical (unpaired) electrons. The molecule has 2 aromatic rings. The number of hydrogen-bond acceptors (Lipinski definition) is 6. The molecular weight excluding hydrogens is 430 g/mol. The highest BCUT2D eigenvalue weighted by Gasteiger charge is 2.29. The molecule has 0 aromatic carbocycles.